The highest BCUT2D eigenvalue weighted by Gasteiger charge is 2.24. The quantitative estimate of drug-likeness (QED) is 0.530. The molecule has 0 aliphatic rings. The molecule has 10 heteroatoms. The van der Waals surface area contributed by atoms with Gasteiger partial charge in [0.2, 0.25) is 11.6 Å². The van der Waals surface area contributed by atoms with E-state index in [0.717, 1.165) is 0 Å². The van der Waals surface area contributed by atoms with Crippen LogP contribution in [-0.4, -0.2) is 19.9 Å². The van der Waals surface area contributed by atoms with Crippen LogP contribution in [0.2, 0.25) is 5.02 Å². The number of hydrogen-bond donors (Lipinski definition) is 2. The molecule has 8 nitrogen and oxygen atoms in total. The zero-order valence-electron chi connectivity index (χ0n) is 11.4. The third-order valence-corrected chi connectivity index (χ3v) is 3.81. The van der Waals surface area contributed by atoms with E-state index in [1.807, 2.05) is 0 Å². The molecule has 116 valence electrons. The third-order valence-electron chi connectivity index (χ3n) is 2.79. The molecular weight excluding hydrogens is 340 g/mol. The second-order valence-corrected chi connectivity index (χ2v) is 5.55. The van der Waals surface area contributed by atoms with Gasteiger partial charge in [-0.1, -0.05) is 23.7 Å². The molecule has 0 spiro atoms. The summed E-state index contributed by atoms with van der Waals surface area (Å²) in [5.41, 5.74) is 0.221. The van der Waals surface area contributed by atoms with Gasteiger partial charge in [-0.25, -0.2) is 15.0 Å². The number of halogens is 1. The minimum Gasteiger partial charge on any atom is -0.333 e. The lowest BCUT2D eigenvalue weighted by molar-refractivity contribution is -0.383. The fourth-order valence-electron chi connectivity index (χ4n) is 1.81. The smallest absolute Gasteiger partial charge is 0.333 e. The van der Waals surface area contributed by atoms with Crippen LogP contribution in [0.25, 0.3) is 0 Å². The van der Waals surface area contributed by atoms with Crippen LogP contribution in [0.4, 0.5) is 28.1 Å². The lowest BCUT2D eigenvalue weighted by Gasteiger charge is -2.09. The molecule has 0 aliphatic heterocycles. The van der Waals surface area contributed by atoms with E-state index in [1.165, 1.54) is 17.7 Å². The highest BCUT2D eigenvalue weighted by molar-refractivity contribution is 7.13. The molecule has 0 bridgehead atoms. The number of nitrogens with one attached hydrogen (secondary N) is 2. The molecule has 0 radical (unpaired) electrons. The van der Waals surface area contributed by atoms with Gasteiger partial charge in [0.25, 0.3) is 0 Å². The van der Waals surface area contributed by atoms with E-state index in [0.29, 0.717) is 15.8 Å². The Bertz CT molecular complexity index is 842. The number of nitrogens with zero attached hydrogens (tertiary/aromatic N) is 4. The fourth-order valence-corrected chi connectivity index (χ4v) is 2.52. The molecule has 2 aromatic heterocycles. The van der Waals surface area contributed by atoms with Gasteiger partial charge in [0.05, 0.1) is 15.6 Å². The summed E-state index contributed by atoms with van der Waals surface area (Å²) < 4.78 is 0. The van der Waals surface area contributed by atoms with E-state index in [2.05, 4.69) is 25.6 Å². The van der Waals surface area contributed by atoms with Gasteiger partial charge in [-0.05, 0) is 12.1 Å². The maximum atomic E-state index is 11.4. The van der Waals surface area contributed by atoms with E-state index >= 15 is 0 Å². The lowest BCUT2D eigenvalue weighted by Crippen LogP contribution is -2.05. The van der Waals surface area contributed by atoms with Crippen LogP contribution in [0.15, 0.2) is 42.2 Å². The molecule has 0 unspecified atom stereocenters. The molecular formula is C13H9ClN6O2S. The van der Waals surface area contributed by atoms with Crippen LogP contribution in [0.5, 0.6) is 0 Å². The first-order valence-electron chi connectivity index (χ1n) is 6.32. The van der Waals surface area contributed by atoms with Crippen molar-refractivity contribution in [3.05, 3.63) is 57.3 Å². The van der Waals surface area contributed by atoms with E-state index in [1.54, 1.807) is 35.8 Å². The predicted octanol–water partition coefficient (Wildman–Crippen LogP) is 3.98. The van der Waals surface area contributed by atoms with E-state index in [9.17, 15) is 10.1 Å². The van der Waals surface area contributed by atoms with Gasteiger partial charge in [-0.3, -0.25) is 10.1 Å². The molecule has 0 saturated carbocycles. The molecule has 0 saturated heterocycles. The van der Waals surface area contributed by atoms with Crippen molar-refractivity contribution in [2.75, 3.05) is 10.6 Å². The molecule has 23 heavy (non-hydrogen) atoms. The van der Waals surface area contributed by atoms with Crippen LogP contribution in [0, 0.1) is 10.1 Å². The van der Waals surface area contributed by atoms with Crippen molar-refractivity contribution in [1.29, 1.82) is 0 Å². The SMILES string of the molecule is O=[N+]([O-])c1c(Nc2nccs2)ncnc1Nc1ccccc1Cl. The average Bonchev–Trinajstić information content (AvgIpc) is 3.02. The lowest BCUT2D eigenvalue weighted by atomic mass is 10.3. The van der Waals surface area contributed by atoms with Crippen molar-refractivity contribution < 1.29 is 4.92 Å². The van der Waals surface area contributed by atoms with E-state index in [4.69, 9.17) is 11.6 Å². The first-order chi connectivity index (χ1) is 11.1. The van der Waals surface area contributed by atoms with Gasteiger partial charge in [-0.2, -0.15) is 0 Å². The number of thiazole rings is 1. The zero-order valence-corrected chi connectivity index (χ0v) is 13.0. The summed E-state index contributed by atoms with van der Waals surface area (Å²) in [7, 11) is 0. The summed E-state index contributed by atoms with van der Waals surface area (Å²) >= 11 is 7.36. The molecule has 0 aliphatic carbocycles. The van der Waals surface area contributed by atoms with Crippen molar-refractivity contribution in [1.82, 2.24) is 15.0 Å². The largest absolute Gasteiger partial charge is 0.353 e. The Kier molecular flexibility index (Phi) is 4.31. The Hall–Kier alpha value is -2.78. The first-order valence-corrected chi connectivity index (χ1v) is 7.58. The maximum absolute atomic E-state index is 11.4. The Morgan fingerprint density at radius 1 is 1.13 bits per heavy atom. The summed E-state index contributed by atoms with van der Waals surface area (Å²) in [6.07, 6.45) is 2.81. The van der Waals surface area contributed by atoms with Crippen molar-refractivity contribution >= 4 is 51.1 Å². The van der Waals surface area contributed by atoms with Gasteiger partial charge in [0, 0.05) is 11.6 Å². The third kappa shape index (κ3) is 3.35. The molecule has 3 aromatic rings. The number of para-hydroxylation sites is 1. The Balaban J connectivity index is 2.00. The van der Waals surface area contributed by atoms with E-state index in [-0.39, 0.29) is 17.3 Å². The average molecular weight is 349 g/mol. The Morgan fingerprint density at radius 2 is 1.87 bits per heavy atom. The minimum atomic E-state index is -0.560. The predicted molar refractivity (Wildman–Crippen MR) is 88.8 cm³/mol. The molecule has 3 rings (SSSR count). The summed E-state index contributed by atoms with van der Waals surface area (Å²) in [5, 5.41) is 19.8. The molecule has 0 atom stereocenters. The summed E-state index contributed by atoms with van der Waals surface area (Å²) in [6, 6.07) is 6.89. The number of benzene rings is 1. The van der Waals surface area contributed by atoms with Gasteiger partial charge in [0.1, 0.15) is 6.33 Å². The second kappa shape index (κ2) is 6.55. The van der Waals surface area contributed by atoms with Gasteiger partial charge >= 0.3 is 5.69 Å². The maximum Gasteiger partial charge on any atom is 0.353 e. The number of aromatic nitrogens is 3. The summed E-state index contributed by atoms with van der Waals surface area (Å²) in [5.74, 6) is 0.0895. The van der Waals surface area contributed by atoms with Crippen LogP contribution in [-0.2, 0) is 0 Å². The monoisotopic (exact) mass is 348 g/mol. The number of hydrogen-bond acceptors (Lipinski definition) is 8. The number of nitro groups is 1. The molecule has 1 aromatic carbocycles. The van der Waals surface area contributed by atoms with Crippen LogP contribution in [0.1, 0.15) is 0 Å². The van der Waals surface area contributed by atoms with Gasteiger partial charge in [0.15, 0.2) is 5.13 Å². The Morgan fingerprint density at radius 3 is 2.52 bits per heavy atom. The van der Waals surface area contributed by atoms with Crippen LogP contribution >= 0.6 is 22.9 Å². The van der Waals surface area contributed by atoms with Crippen molar-refractivity contribution in [2.45, 2.75) is 0 Å². The molecule has 2 N–H and O–H groups in total. The minimum absolute atomic E-state index is 0.0390. The van der Waals surface area contributed by atoms with Crippen LogP contribution in [0.3, 0.4) is 0 Å². The standard InChI is InChI=1S/C13H9ClN6O2S/c14-8-3-1-2-4-9(8)18-11-10(20(21)22)12(17-7-16-11)19-13-15-5-6-23-13/h1-7H,(H2,15,16,17,18,19). The summed E-state index contributed by atoms with van der Waals surface area (Å²) in [6.45, 7) is 0. The molecule has 2 heterocycles. The molecule has 0 amide bonds. The van der Waals surface area contributed by atoms with Gasteiger partial charge in [-0.15, -0.1) is 11.3 Å². The normalized spacial score (nSPS) is 10.3. The number of anilines is 4. The van der Waals surface area contributed by atoms with Crippen molar-refractivity contribution in [3.63, 3.8) is 0 Å². The van der Waals surface area contributed by atoms with Crippen molar-refractivity contribution in [3.8, 4) is 0 Å². The fraction of sp³-hybridized carbons (Fsp3) is 0. The Labute approximate surface area is 139 Å². The van der Waals surface area contributed by atoms with Crippen LogP contribution < -0.4 is 10.6 Å². The zero-order chi connectivity index (χ0) is 16.2. The topological polar surface area (TPSA) is 106 Å². The van der Waals surface area contributed by atoms with Crippen molar-refractivity contribution in [2.24, 2.45) is 0 Å². The van der Waals surface area contributed by atoms with E-state index < -0.39 is 4.92 Å². The van der Waals surface area contributed by atoms with Gasteiger partial charge < -0.3 is 10.6 Å². The highest BCUT2D eigenvalue weighted by atomic mass is 35.5. The summed E-state index contributed by atoms with van der Waals surface area (Å²) in [4.78, 5) is 22.8. The second-order valence-electron chi connectivity index (χ2n) is 4.24. The number of rotatable bonds is 5. The first kappa shape index (κ1) is 15.1. The highest BCUT2D eigenvalue weighted by Crippen LogP contribution is 2.34. The molecule has 0 fully saturated rings.